The van der Waals surface area contributed by atoms with E-state index in [-0.39, 0.29) is 45.7 Å². The second kappa shape index (κ2) is 16.0. The second-order valence-corrected chi connectivity index (χ2v) is 10.1. The van der Waals surface area contributed by atoms with Crippen molar-refractivity contribution in [3.05, 3.63) is 71.8 Å². The molecule has 1 N–H and O–H groups in total. The van der Waals surface area contributed by atoms with Crippen molar-refractivity contribution in [2.24, 2.45) is 0 Å². The Morgan fingerprint density at radius 1 is 0.676 bits per heavy atom. The molecule has 0 saturated heterocycles. The zero-order chi connectivity index (χ0) is 26.2. The van der Waals surface area contributed by atoms with Gasteiger partial charge in [-0.25, -0.2) is 19.2 Å². The summed E-state index contributed by atoms with van der Waals surface area (Å²) in [6.45, 7) is -0.515. The first-order valence-corrected chi connectivity index (χ1v) is 13.9. The van der Waals surface area contributed by atoms with Gasteiger partial charge >= 0.3 is 20.1 Å². The fraction of sp³-hybridized carbons (Fsp3) is 0.462. The maximum Gasteiger partial charge on any atom is 0.508 e. The first kappa shape index (κ1) is 28.7. The molecule has 10 nitrogen and oxygen atoms in total. The van der Waals surface area contributed by atoms with E-state index in [0.717, 1.165) is 43.2 Å². The topological polar surface area (TPSA) is 119 Å². The van der Waals surface area contributed by atoms with Gasteiger partial charge in [-0.2, -0.15) is 0 Å². The molecular weight excluding hydrogens is 501 g/mol. The molecule has 3 rings (SSSR count). The molecule has 202 valence electrons. The molecule has 0 heterocycles. The average Bonchev–Trinajstić information content (AvgIpc) is 2.93. The van der Waals surface area contributed by atoms with Gasteiger partial charge in [0, 0.05) is 6.04 Å². The lowest BCUT2D eigenvalue weighted by Crippen LogP contribution is -2.31. The standard InChI is InChI=1S/C26H34NO9P/c28-25(33-20-22-10-4-1-5-11-22)31-16-18-35-37(30,27-24-14-8-3-9-15-24)36-19-17-32-26(29)34-21-23-12-6-2-7-13-23/h1-2,4-7,10-13,24H,3,8-9,14-21H2,(H,27,30). The van der Waals surface area contributed by atoms with E-state index >= 15 is 0 Å². The van der Waals surface area contributed by atoms with Crippen LogP contribution in [0.15, 0.2) is 60.7 Å². The van der Waals surface area contributed by atoms with Gasteiger partial charge in [-0.3, -0.25) is 9.05 Å². The summed E-state index contributed by atoms with van der Waals surface area (Å²) in [6.07, 6.45) is 3.15. The van der Waals surface area contributed by atoms with Gasteiger partial charge in [-0.1, -0.05) is 79.9 Å². The highest BCUT2D eigenvalue weighted by Crippen LogP contribution is 2.45. The van der Waals surface area contributed by atoms with E-state index in [9.17, 15) is 14.2 Å². The minimum Gasteiger partial charge on any atom is -0.432 e. The van der Waals surface area contributed by atoms with Crippen LogP contribution in [-0.4, -0.2) is 44.8 Å². The lowest BCUT2D eigenvalue weighted by atomic mass is 9.96. The Bertz CT molecular complexity index is 917. The summed E-state index contributed by atoms with van der Waals surface area (Å²) < 4.78 is 44.3. The van der Waals surface area contributed by atoms with Crippen LogP contribution in [0.25, 0.3) is 0 Å². The van der Waals surface area contributed by atoms with Gasteiger partial charge in [-0.05, 0) is 24.0 Å². The monoisotopic (exact) mass is 535 g/mol. The van der Waals surface area contributed by atoms with Crippen molar-refractivity contribution in [1.29, 1.82) is 0 Å². The molecule has 1 aliphatic carbocycles. The van der Waals surface area contributed by atoms with Crippen molar-refractivity contribution in [3.8, 4) is 0 Å². The first-order valence-electron chi connectivity index (χ1n) is 12.4. The van der Waals surface area contributed by atoms with Gasteiger partial charge in [0.1, 0.15) is 26.4 Å². The van der Waals surface area contributed by atoms with Crippen molar-refractivity contribution in [3.63, 3.8) is 0 Å². The summed E-state index contributed by atoms with van der Waals surface area (Å²) in [5.74, 6) is 0. The van der Waals surface area contributed by atoms with Gasteiger partial charge in [-0.15, -0.1) is 0 Å². The summed E-state index contributed by atoms with van der Waals surface area (Å²) >= 11 is 0. The summed E-state index contributed by atoms with van der Waals surface area (Å²) in [4.78, 5) is 23.6. The molecular formula is C26H34NO9P. The normalized spacial score (nSPS) is 14.1. The van der Waals surface area contributed by atoms with Gasteiger partial charge in [0.2, 0.25) is 0 Å². The van der Waals surface area contributed by atoms with Crippen LogP contribution >= 0.6 is 7.75 Å². The SMILES string of the molecule is O=C(OCCOP(=O)(NC1CCCCC1)OCCOC(=O)OCc1ccccc1)OCc1ccccc1. The van der Waals surface area contributed by atoms with E-state index in [2.05, 4.69) is 5.09 Å². The minimum atomic E-state index is -3.75. The number of nitrogens with one attached hydrogen (secondary N) is 1. The fourth-order valence-corrected chi connectivity index (χ4v) is 5.21. The number of rotatable bonds is 14. The van der Waals surface area contributed by atoms with Crippen LogP contribution in [0.1, 0.15) is 43.2 Å². The number of benzene rings is 2. The van der Waals surface area contributed by atoms with E-state index in [0.29, 0.717) is 0 Å². The second-order valence-electron chi connectivity index (χ2n) is 8.37. The number of carbonyl (C=O) groups is 2. The van der Waals surface area contributed by atoms with Crippen molar-refractivity contribution >= 4 is 20.1 Å². The maximum atomic E-state index is 13.3. The first-order chi connectivity index (χ1) is 18.0. The highest BCUT2D eigenvalue weighted by Gasteiger charge is 2.29. The molecule has 1 saturated carbocycles. The molecule has 0 bridgehead atoms. The van der Waals surface area contributed by atoms with Crippen LogP contribution in [0.2, 0.25) is 0 Å². The van der Waals surface area contributed by atoms with E-state index in [1.54, 1.807) is 0 Å². The third kappa shape index (κ3) is 11.8. The van der Waals surface area contributed by atoms with Crippen LogP contribution in [-0.2, 0) is 45.8 Å². The molecule has 0 aliphatic heterocycles. The number of ether oxygens (including phenoxy) is 4. The third-order valence-corrected chi connectivity index (χ3v) is 7.20. The zero-order valence-corrected chi connectivity index (χ0v) is 21.6. The Morgan fingerprint density at radius 2 is 1.14 bits per heavy atom. The van der Waals surface area contributed by atoms with Crippen molar-refractivity contribution < 1.29 is 42.1 Å². The molecule has 0 amide bonds. The van der Waals surface area contributed by atoms with Gasteiger partial charge in [0.15, 0.2) is 0 Å². The smallest absolute Gasteiger partial charge is 0.432 e. The molecule has 0 unspecified atom stereocenters. The molecule has 37 heavy (non-hydrogen) atoms. The highest BCUT2D eigenvalue weighted by atomic mass is 31.2. The van der Waals surface area contributed by atoms with E-state index in [4.69, 9.17) is 28.0 Å². The van der Waals surface area contributed by atoms with Crippen LogP contribution in [0.3, 0.4) is 0 Å². The Balaban J connectivity index is 1.37. The molecule has 2 aromatic rings. The van der Waals surface area contributed by atoms with Crippen molar-refractivity contribution in [2.45, 2.75) is 51.4 Å². The van der Waals surface area contributed by atoms with Gasteiger partial charge < -0.3 is 18.9 Å². The summed E-state index contributed by atoms with van der Waals surface area (Å²) in [6, 6.07) is 18.4. The maximum absolute atomic E-state index is 13.3. The average molecular weight is 536 g/mol. The predicted molar refractivity (Wildman–Crippen MR) is 135 cm³/mol. The molecule has 0 radical (unpaired) electrons. The van der Waals surface area contributed by atoms with E-state index in [1.807, 2.05) is 60.7 Å². The van der Waals surface area contributed by atoms with Crippen molar-refractivity contribution in [1.82, 2.24) is 5.09 Å². The van der Waals surface area contributed by atoms with Crippen molar-refractivity contribution in [2.75, 3.05) is 26.4 Å². The number of carbonyl (C=O) groups excluding carboxylic acids is 2. The Labute approximate surface area is 217 Å². The number of hydrogen-bond acceptors (Lipinski definition) is 9. The zero-order valence-electron chi connectivity index (χ0n) is 20.8. The Hall–Kier alpha value is -2.91. The Kier molecular flexibility index (Phi) is 12.4. The van der Waals surface area contributed by atoms with Crippen LogP contribution in [0, 0.1) is 0 Å². The molecule has 1 fully saturated rings. The van der Waals surface area contributed by atoms with Gasteiger partial charge in [0.25, 0.3) is 0 Å². The lowest BCUT2D eigenvalue weighted by Gasteiger charge is -2.27. The molecule has 2 aromatic carbocycles. The molecule has 0 spiro atoms. The predicted octanol–water partition coefficient (Wildman–Crippen LogP) is 5.76. The van der Waals surface area contributed by atoms with E-state index in [1.165, 1.54) is 0 Å². The van der Waals surface area contributed by atoms with Crippen LogP contribution in [0.5, 0.6) is 0 Å². The fourth-order valence-electron chi connectivity index (χ4n) is 3.65. The largest absolute Gasteiger partial charge is 0.508 e. The highest BCUT2D eigenvalue weighted by molar-refractivity contribution is 7.51. The molecule has 1 aliphatic rings. The summed E-state index contributed by atoms with van der Waals surface area (Å²) in [5.41, 5.74) is 1.66. The minimum absolute atomic E-state index is 0.0203. The van der Waals surface area contributed by atoms with Crippen LogP contribution < -0.4 is 5.09 Å². The molecule has 11 heteroatoms. The third-order valence-electron chi connectivity index (χ3n) is 5.47. The lowest BCUT2D eigenvalue weighted by molar-refractivity contribution is 0.0327. The quantitative estimate of drug-likeness (QED) is 0.182. The van der Waals surface area contributed by atoms with Crippen LogP contribution in [0.4, 0.5) is 9.59 Å². The van der Waals surface area contributed by atoms with Gasteiger partial charge in [0.05, 0.1) is 13.2 Å². The molecule has 0 aromatic heterocycles. The Morgan fingerprint density at radius 3 is 1.59 bits per heavy atom. The van der Waals surface area contributed by atoms with E-state index < -0.39 is 20.1 Å². The summed E-state index contributed by atoms with van der Waals surface area (Å²) in [7, 11) is -3.75. The number of hydrogen-bond donors (Lipinski definition) is 1. The molecule has 0 atom stereocenters. The summed E-state index contributed by atoms with van der Waals surface area (Å²) in [5, 5.41) is 2.97.